The van der Waals surface area contributed by atoms with Crippen molar-refractivity contribution in [2.45, 2.75) is 44.7 Å². The van der Waals surface area contributed by atoms with E-state index in [1.54, 1.807) is 13.8 Å². The Kier molecular flexibility index (Phi) is 4.00. The Morgan fingerprint density at radius 2 is 2.06 bits per heavy atom. The highest BCUT2D eigenvalue weighted by Gasteiger charge is 2.34. The molecular weight excluding hydrogens is 220 g/mol. The predicted molar refractivity (Wildman–Crippen MR) is 63.3 cm³/mol. The highest BCUT2D eigenvalue weighted by Crippen LogP contribution is 2.25. The summed E-state index contributed by atoms with van der Waals surface area (Å²) in [5.74, 6) is 1.09. The van der Waals surface area contributed by atoms with Gasteiger partial charge in [-0.25, -0.2) is 4.79 Å². The van der Waals surface area contributed by atoms with Gasteiger partial charge in [-0.3, -0.25) is 4.79 Å². The Morgan fingerprint density at radius 3 is 2.59 bits per heavy atom. The first-order chi connectivity index (χ1) is 7.85. The molecule has 17 heavy (non-hydrogen) atoms. The van der Waals surface area contributed by atoms with Crippen LogP contribution in [0.3, 0.4) is 0 Å². The molecule has 0 radical (unpaired) electrons. The summed E-state index contributed by atoms with van der Waals surface area (Å²) < 4.78 is 0. The molecule has 0 aromatic rings. The zero-order valence-electron chi connectivity index (χ0n) is 10.1. The first-order valence-corrected chi connectivity index (χ1v) is 5.65. The first-order valence-electron chi connectivity index (χ1n) is 5.65. The second-order valence-corrected chi connectivity index (χ2v) is 4.85. The molecular formula is C12H18N2O3. The van der Waals surface area contributed by atoms with E-state index in [0.29, 0.717) is 12.8 Å². The van der Waals surface area contributed by atoms with Crippen LogP contribution in [0.4, 0.5) is 4.79 Å². The van der Waals surface area contributed by atoms with Crippen molar-refractivity contribution in [1.29, 1.82) is 0 Å². The molecule has 1 fully saturated rings. The Bertz CT molecular complexity index is 357. The maximum atomic E-state index is 11.6. The van der Waals surface area contributed by atoms with Gasteiger partial charge in [-0.05, 0) is 26.7 Å². The van der Waals surface area contributed by atoms with Crippen molar-refractivity contribution in [2.24, 2.45) is 5.92 Å². The first kappa shape index (κ1) is 13.4. The fourth-order valence-corrected chi connectivity index (χ4v) is 1.95. The molecule has 0 aliphatic heterocycles. The van der Waals surface area contributed by atoms with E-state index in [-0.39, 0.29) is 6.04 Å². The molecule has 0 heterocycles. The predicted octanol–water partition coefficient (Wildman–Crippen LogP) is 0.951. The number of rotatable bonds is 3. The number of carbonyl (C=O) groups excluding carboxylic acids is 1. The van der Waals surface area contributed by atoms with Gasteiger partial charge in [0, 0.05) is 6.04 Å². The lowest BCUT2D eigenvalue weighted by Crippen LogP contribution is -2.51. The quantitative estimate of drug-likeness (QED) is 0.640. The maximum absolute atomic E-state index is 11.6. The molecule has 2 atom stereocenters. The summed E-state index contributed by atoms with van der Waals surface area (Å²) in [6, 6.07) is -0.716. The Morgan fingerprint density at radius 1 is 1.41 bits per heavy atom. The van der Waals surface area contributed by atoms with Gasteiger partial charge >= 0.3 is 12.0 Å². The molecule has 3 N–H and O–H groups in total. The largest absolute Gasteiger partial charge is 0.481 e. The third-order valence-corrected chi connectivity index (χ3v) is 2.94. The average Bonchev–Trinajstić information content (AvgIpc) is 2.65. The van der Waals surface area contributed by atoms with Crippen LogP contribution < -0.4 is 10.6 Å². The standard InChI is InChI=1S/C12H18N2O3/c1-4-12(2,3)14-11(17)13-9-7-5-6-8(9)10(15)16/h1,8-9H,5-7H2,2-3H3,(H,15,16)(H2,13,14,17). The lowest BCUT2D eigenvalue weighted by molar-refractivity contribution is -0.142. The van der Waals surface area contributed by atoms with Gasteiger partial charge in [0.25, 0.3) is 0 Å². The number of terminal acetylenes is 1. The van der Waals surface area contributed by atoms with Crippen LogP contribution in [0.2, 0.25) is 0 Å². The van der Waals surface area contributed by atoms with Crippen molar-refractivity contribution >= 4 is 12.0 Å². The molecule has 94 valence electrons. The lowest BCUT2D eigenvalue weighted by Gasteiger charge is -2.23. The van der Waals surface area contributed by atoms with Crippen LogP contribution in [0.25, 0.3) is 0 Å². The van der Waals surface area contributed by atoms with Crippen LogP contribution in [-0.2, 0) is 4.79 Å². The van der Waals surface area contributed by atoms with Crippen LogP contribution in [0.5, 0.6) is 0 Å². The molecule has 2 unspecified atom stereocenters. The molecule has 2 amide bonds. The highest BCUT2D eigenvalue weighted by molar-refractivity contribution is 5.77. The molecule has 1 aliphatic rings. The number of carboxylic acids is 1. The summed E-state index contributed by atoms with van der Waals surface area (Å²) in [4.78, 5) is 22.6. The number of carbonyl (C=O) groups is 2. The minimum Gasteiger partial charge on any atom is -0.481 e. The van der Waals surface area contributed by atoms with Crippen molar-refractivity contribution in [1.82, 2.24) is 10.6 Å². The zero-order chi connectivity index (χ0) is 13.1. The zero-order valence-corrected chi connectivity index (χ0v) is 10.1. The summed E-state index contributed by atoms with van der Waals surface area (Å²) in [5.41, 5.74) is -0.735. The number of amides is 2. The van der Waals surface area contributed by atoms with Crippen molar-refractivity contribution < 1.29 is 14.7 Å². The van der Waals surface area contributed by atoms with E-state index in [1.807, 2.05) is 0 Å². The maximum Gasteiger partial charge on any atom is 0.316 e. The van der Waals surface area contributed by atoms with Crippen molar-refractivity contribution in [2.75, 3.05) is 0 Å². The molecule has 5 heteroatoms. The monoisotopic (exact) mass is 238 g/mol. The summed E-state index contributed by atoms with van der Waals surface area (Å²) in [5, 5.41) is 14.3. The number of carboxylic acid groups (broad SMARTS) is 1. The van der Waals surface area contributed by atoms with E-state index in [2.05, 4.69) is 16.6 Å². The van der Waals surface area contributed by atoms with Crippen LogP contribution in [0.15, 0.2) is 0 Å². The molecule has 1 rings (SSSR count). The van der Waals surface area contributed by atoms with Gasteiger partial charge < -0.3 is 15.7 Å². The summed E-state index contributed by atoms with van der Waals surface area (Å²) in [7, 11) is 0. The number of hydrogen-bond donors (Lipinski definition) is 3. The SMILES string of the molecule is C#CC(C)(C)NC(=O)NC1CCCC1C(=O)O. The summed E-state index contributed by atoms with van der Waals surface area (Å²) in [6.07, 6.45) is 7.38. The van der Waals surface area contributed by atoms with Gasteiger partial charge in [-0.15, -0.1) is 6.42 Å². The second kappa shape index (κ2) is 5.09. The second-order valence-electron chi connectivity index (χ2n) is 4.85. The van der Waals surface area contributed by atoms with Gasteiger partial charge in [-0.1, -0.05) is 12.3 Å². The molecule has 0 saturated heterocycles. The number of urea groups is 1. The van der Waals surface area contributed by atoms with E-state index in [1.165, 1.54) is 0 Å². The minimum atomic E-state index is -0.857. The van der Waals surface area contributed by atoms with E-state index >= 15 is 0 Å². The van der Waals surface area contributed by atoms with Gasteiger partial charge in [-0.2, -0.15) is 0 Å². The molecule has 5 nitrogen and oxygen atoms in total. The number of nitrogens with one attached hydrogen (secondary N) is 2. The minimum absolute atomic E-state index is 0.305. The Hall–Kier alpha value is -1.70. The van der Waals surface area contributed by atoms with Crippen molar-refractivity contribution in [3.05, 3.63) is 0 Å². The average molecular weight is 238 g/mol. The molecule has 0 aromatic heterocycles. The fraction of sp³-hybridized carbons (Fsp3) is 0.667. The van der Waals surface area contributed by atoms with E-state index in [0.717, 1.165) is 6.42 Å². The highest BCUT2D eigenvalue weighted by atomic mass is 16.4. The summed E-state index contributed by atoms with van der Waals surface area (Å²) in [6.45, 7) is 3.41. The van der Waals surface area contributed by atoms with Gasteiger partial charge in [0.15, 0.2) is 0 Å². The molecule has 1 saturated carbocycles. The molecule has 1 aliphatic carbocycles. The van der Waals surface area contributed by atoms with Gasteiger partial charge in [0.1, 0.15) is 0 Å². The van der Waals surface area contributed by atoms with Crippen LogP contribution in [-0.4, -0.2) is 28.7 Å². The smallest absolute Gasteiger partial charge is 0.316 e. The Balaban J connectivity index is 2.52. The van der Waals surface area contributed by atoms with Crippen LogP contribution in [0, 0.1) is 18.3 Å². The van der Waals surface area contributed by atoms with Crippen molar-refractivity contribution in [3.63, 3.8) is 0 Å². The molecule has 0 spiro atoms. The van der Waals surface area contributed by atoms with E-state index in [9.17, 15) is 9.59 Å². The van der Waals surface area contributed by atoms with Crippen LogP contribution in [0.1, 0.15) is 33.1 Å². The third-order valence-electron chi connectivity index (χ3n) is 2.94. The number of hydrogen-bond acceptors (Lipinski definition) is 2. The summed E-state index contributed by atoms with van der Waals surface area (Å²) >= 11 is 0. The molecule has 0 bridgehead atoms. The van der Waals surface area contributed by atoms with Gasteiger partial charge in [0.2, 0.25) is 0 Å². The van der Waals surface area contributed by atoms with Gasteiger partial charge in [0.05, 0.1) is 11.5 Å². The van der Waals surface area contributed by atoms with Crippen molar-refractivity contribution in [3.8, 4) is 12.3 Å². The normalized spacial score (nSPS) is 23.8. The Labute approximate surface area is 101 Å². The van der Waals surface area contributed by atoms with E-state index < -0.39 is 23.5 Å². The van der Waals surface area contributed by atoms with Crippen LogP contribution >= 0.6 is 0 Å². The van der Waals surface area contributed by atoms with E-state index in [4.69, 9.17) is 11.5 Å². The topological polar surface area (TPSA) is 78.4 Å². The molecule has 0 aromatic carbocycles. The third kappa shape index (κ3) is 3.66. The fourth-order valence-electron chi connectivity index (χ4n) is 1.95. The number of aliphatic carboxylic acids is 1. The lowest BCUT2D eigenvalue weighted by atomic mass is 10.0.